The van der Waals surface area contributed by atoms with Gasteiger partial charge in [0.2, 0.25) is 0 Å². The molecule has 0 bridgehead atoms. The fourth-order valence-corrected chi connectivity index (χ4v) is 13.5. The van der Waals surface area contributed by atoms with Crippen LogP contribution in [0.2, 0.25) is 0 Å². The molecule has 6 aromatic rings. The van der Waals surface area contributed by atoms with Crippen molar-refractivity contribution in [3.63, 3.8) is 0 Å². The molecule has 2 aliphatic heterocycles. The van der Waals surface area contributed by atoms with Gasteiger partial charge in [-0.15, -0.1) is 0 Å². The van der Waals surface area contributed by atoms with Gasteiger partial charge in [0, 0.05) is 59.4 Å². The Kier molecular flexibility index (Phi) is 16.4. The van der Waals surface area contributed by atoms with Crippen molar-refractivity contribution in [2.24, 2.45) is 17.8 Å². The number of unbranched alkanes of at least 4 members (excludes halogenated alkanes) is 2. The molecule has 0 N–H and O–H groups in total. The number of rotatable bonds is 18. The third-order valence-electron chi connectivity index (χ3n) is 17.8. The molecular weight excluding hydrogens is 1040 g/mol. The molecule has 81 heavy (non-hydrogen) atoms. The third kappa shape index (κ3) is 11.3. The minimum atomic E-state index is -5.12. The molecule has 14 heteroatoms. The van der Waals surface area contributed by atoms with Crippen molar-refractivity contribution in [1.29, 1.82) is 0 Å². The fraction of sp³-hybridized carbons (Fsp3) is 0.448. The summed E-state index contributed by atoms with van der Waals surface area (Å²) in [5, 5.41) is 0.868. The molecule has 430 valence electrons. The fourth-order valence-electron chi connectivity index (χ4n) is 13.5. The molecule has 1 atom stereocenters. The van der Waals surface area contributed by atoms with E-state index in [1.165, 1.54) is 51.4 Å². The molecule has 2 heterocycles. The van der Waals surface area contributed by atoms with E-state index in [-0.39, 0.29) is 34.6 Å². The van der Waals surface area contributed by atoms with Gasteiger partial charge in [-0.25, -0.2) is 0 Å². The molecule has 0 radical (unpaired) electrons. The molecule has 0 spiro atoms. The molecule has 1 saturated carbocycles. The molecule has 10 rings (SSSR count). The predicted molar refractivity (Wildman–Crippen MR) is 308 cm³/mol. The second-order valence-electron chi connectivity index (χ2n) is 23.1. The molecular formula is C67H74F6N2O6. The Morgan fingerprint density at radius 2 is 1.25 bits per heavy atom. The number of hydrogen-bond donors (Lipinski definition) is 0. The Bertz CT molecular complexity index is 3200. The average molecular weight is 1120 g/mol. The first-order chi connectivity index (χ1) is 38.8. The lowest BCUT2D eigenvalue weighted by Gasteiger charge is -2.39. The molecule has 0 aromatic heterocycles. The van der Waals surface area contributed by atoms with Crippen LogP contribution in [0.15, 0.2) is 103 Å². The van der Waals surface area contributed by atoms with Crippen molar-refractivity contribution >= 4 is 34.2 Å². The summed E-state index contributed by atoms with van der Waals surface area (Å²) in [5.41, 5.74) is -1.74. The Hall–Kier alpha value is -6.83. The van der Waals surface area contributed by atoms with E-state index in [4.69, 9.17) is 23.7 Å². The highest BCUT2D eigenvalue weighted by molar-refractivity contribution is 6.10. The summed E-state index contributed by atoms with van der Waals surface area (Å²) < 4.78 is 121. The normalized spacial score (nSPS) is 18.6. The van der Waals surface area contributed by atoms with Crippen LogP contribution < -0.4 is 33.5 Å². The lowest BCUT2D eigenvalue weighted by Crippen LogP contribution is -2.46. The van der Waals surface area contributed by atoms with Gasteiger partial charge in [0.25, 0.3) is 0 Å². The van der Waals surface area contributed by atoms with Crippen LogP contribution in [0.1, 0.15) is 144 Å². The summed E-state index contributed by atoms with van der Waals surface area (Å²) >= 11 is 0. The summed E-state index contributed by atoms with van der Waals surface area (Å²) in [6, 6.07) is 27.2. The van der Waals surface area contributed by atoms with Crippen LogP contribution in [0.25, 0.3) is 28.0 Å². The zero-order chi connectivity index (χ0) is 57.4. The van der Waals surface area contributed by atoms with Crippen molar-refractivity contribution in [2.45, 2.75) is 128 Å². The smallest absolute Gasteiger partial charge is 0.416 e. The number of alkyl halides is 6. The number of carbonyl (C=O) groups excluding carboxylic acids is 1. The molecule has 1 saturated heterocycles. The lowest BCUT2D eigenvalue weighted by molar-refractivity contribution is -0.143. The van der Waals surface area contributed by atoms with Crippen LogP contribution in [0.3, 0.4) is 0 Å². The molecule has 1 unspecified atom stereocenters. The van der Waals surface area contributed by atoms with E-state index >= 15 is 13.2 Å². The zero-order valence-corrected chi connectivity index (χ0v) is 47.5. The maximum Gasteiger partial charge on any atom is 0.416 e. The van der Waals surface area contributed by atoms with Gasteiger partial charge in [-0.2, -0.15) is 26.3 Å². The van der Waals surface area contributed by atoms with Crippen LogP contribution >= 0.6 is 0 Å². The largest absolute Gasteiger partial charge is 0.497 e. The Balaban J connectivity index is 0.971. The first-order valence-electron chi connectivity index (χ1n) is 28.9. The van der Waals surface area contributed by atoms with E-state index < -0.39 is 34.5 Å². The number of hydrogen-bond acceptors (Lipinski definition) is 8. The summed E-state index contributed by atoms with van der Waals surface area (Å²) in [5.74, 6) is 3.72. The lowest BCUT2D eigenvalue weighted by atomic mass is 9.75. The minimum Gasteiger partial charge on any atom is -0.497 e. The average Bonchev–Trinajstić information content (AvgIpc) is 3.97. The predicted octanol–water partition coefficient (Wildman–Crippen LogP) is 17.4. The summed E-state index contributed by atoms with van der Waals surface area (Å²) in [6.45, 7) is 9.79. The van der Waals surface area contributed by atoms with Crippen LogP contribution in [-0.2, 0) is 28.2 Å². The number of methoxy groups -OCH3 is 3. The standard InChI is InChI=1S/C67H74F6N2O6/c1-8-10-11-13-42-14-16-43(17-15-42)18-19-44(12-9-2)63(76)80-51-30-24-48(25-31-51)74-34-36-75(37-35-74)57-40-53-54(41-58(57)79-7)62-52(61-59(53)55-38-47(66(68,69)70)39-56(67(71,72)73)60(55)64(61,3)4)32-33-65(81-62,45-20-26-49(77-5)27-21-45)46-22-28-50(78-6)29-23-46/h20-33,38-44H,8-19,34-37H2,1-7H3. The first kappa shape index (κ1) is 57.4. The summed E-state index contributed by atoms with van der Waals surface area (Å²) in [6.07, 6.45) is 7.47. The van der Waals surface area contributed by atoms with Crippen molar-refractivity contribution in [3.05, 3.63) is 142 Å². The Morgan fingerprint density at radius 1 is 0.654 bits per heavy atom. The highest BCUT2D eigenvalue weighted by atomic mass is 19.4. The SMILES string of the molecule is CCCCCC1CCC(CCC(CCC)C(=O)Oc2ccc(N3CCN(c4cc5c6c(c7c(c5cc4OC)OC(c4ccc(OC)cc4)(c4ccc(OC)cc4)C=C7)C(C)(C)c4c-6cc(C(F)(F)F)cc4C(F)(F)F)CC3)cc2)CC1. The second kappa shape index (κ2) is 23.2. The van der Waals surface area contributed by atoms with Gasteiger partial charge in [0.1, 0.15) is 28.7 Å². The maximum atomic E-state index is 15.3. The van der Waals surface area contributed by atoms with Gasteiger partial charge in [-0.3, -0.25) is 4.79 Å². The Labute approximate surface area is 472 Å². The molecule has 8 nitrogen and oxygen atoms in total. The van der Waals surface area contributed by atoms with E-state index in [1.54, 1.807) is 41.2 Å². The van der Waals surface area contributed by atoms with E-state index in [2.05, 4.69) is 23.6 Å². The third-order valence-corrected chi connectivity index (χ3v) is 17.8. The van der Waals surface area contributed by atoms with E-state index in [9.17, 15) is 18.0 Å². The molecule has 6 aromatic carbocycles. The van der Waals surface area contributed by atoms with Crippen molar-refractivity contribution in [1.82, 2.24) is 0 Å². The number of carbonyl (C=O) groups is 1. The molecule has 0 amide bonds. The number of anilines is 2. The van der Waals surface area contributed by atoms with Gasteiger partial charge in [-0.1, -0.05) is 116 Å². The first-order valence-corrected chi connectivity index (χ1v) is 28.9. The number of piperazine rings is 1. The van der Waals surface area contributed by atoms with E-state index in [1.807, 2.05) is 91.0 Å². The molecule has 4 aliphatic rings. The molecule has 2 fully saturated rings. The number of benzene rings is 6. The van der Waals surface area contributed by atoms with Crippen LogP contribution in [0.4, 0.5) is 37.7 Å². The number of fused-ring (bicyclic) bond motifs is 8. The maximum absolute atomic E-state index is 15.3. The number of nitrogens with zero attached hydrogens (tertiary/aromatic N) is 2. The minimum absolute atomic E-state index is 0.137. The van der Waals surface area contributed by atoms with Gasteiger partial charge in [0.05, 0.1) is 44.1 Å². The summed E-state index contributed by atoms with van der Waals surface area (Å²) in [7, 11) is 4.69. The van der Waals surface area contributed by atoms with E-state index in [0.717, 1.165) is 43.4 Å². The highest BCUT2D eigenvalue weighted by Crippen LogP contribution is 2.62. The van der Waals surface area contributed by atoms with Gasteiger partial charge in [0.15, 0.2) is 5.60 Å². The van der Waals surface area contributed by atoms with Crippen molar-refractivity contribution in [2.75, 3.05) is 57.3 Å². The van der Waals surface area contributed by atoms with Gasteiger partial charge < -0.3 is 33.5 Å². The number of esters is 1. The Morgan fingerprint density at radius 3 is 1.80 bits per heavy atom. The van der Waals surface area contributed by atoms with Crippen LogP contribution in [-0.4, -0.2) is 53.5 Å². The molecule has 2 aliphatic carbocycles. The monoisotopic (exact) mass is 1120 g/mol. The number of halogens is 6. The van der Waals surface area contributed by atoms with Crippen molar-refractivity contribution < 1.29 is 54.8 Å². The van der Waals surface area contributed by atoms with Crippen molar-refractivity contribution in [3.8, 4) is 39.9 Å². The van der Waals surface area contributed by atoms with Crippen LogP contribution in [0.5, 0.6) is 28.7 Å². The zero-order valence-electron chi connectivity index (χ0n) is 47.5. The van der Waals surface area contributed by atoms with E-state index in [0.29, 0.717) is 99.6 Å². The quantitative estimate of drug-likeness (QED) is 0.0365. The van der Waals surface area contributed by atoms with Gasteiger partial charge >= 0.3 is 18.3 Å². The highest BCUT2D eigenvalue weighted by Gasteiger charge is 2.50. The van der Waals surface area contributed by atoms with Crippen LogP contribution in [0, 0.1) is 17.8 Å². The summed E-state index contributed by atoms with van der Waals surface area (Å²) in [4.78, 5) is 18.0. The number of ether oxygens (including phenoxy) is 5. The topological polar surface area (TPSA) is 69.7 Å². The second-order valence-corrected chi connectivity index (χ2v) is 23.1. The van der Waals surface area contributed by atoms with Gasteiger partial charge in [-0.05, 0) is 138 Å².